The zero-order valence-electron chi connectivity index (χ0n) is 9.64. The Morgan fingerprint density at radius 2 is 1.68 bits per heavy atom. The van der Waals surface area contributed by atoms with Gasteiger partial charge in [0.15, 0.2) is 0 Å². The first-order valence-corrected chi connectivity index (χ1v) is 4.97. The second-order valence-electron chi connectivity index (χ2n) is 3.67. The molecule has 0 radical (unpaired) electrons. The normalized spacial score (nSPS) is 13.9. The Morgan fingerprint density at radius 1 is 1.16 bits per heavy atom. The maximum Gasteiger partial charge on any atom is 0.433 e. The molecular weight excluding hydrogens is 298 g/mol. The number of alkyl halides is 6. The Kier molecular flexibility index (Phi) is 5.64. The van der Waals surface area contributed by atoms with E-state index in [1.165, 1.54) is 6.92 Å². The van der Waals surface area contributed by atoms with Gasteiger partial charge in [0.2, 0.25) is 0 Å². The molecule has 0 amide bonds. The van der Waals surface area contributed by atoms with E-state index in [1.54, 1.807) is 0 Å². The molecule has 0 unspecified atom stereocenters. The summed E-state index contributed by atoms with van der Waals surface area (Å²) in [6, 6.07) is -1.01. The van der Waals surface area contributed by atoms with E-state index in [-0.39, 0.29) is 24.9 Å². The number of aromatic nitrogens is 1. The predicted molar refractivity (Wildman–Crippen MR) is 58.7 cm³/mol. The Balaban J connectivity index is 0.00000324. The summed E-state index contributed by atoms with van der Waals surface area (Å²) in [4.78, 5) is 2.99. The highest BCUT2D eigenvalue weighted by Gasteiger charge is 2.39. The highest BCUT2D eigenvalue weighted by Crippen LogP contribution is 2.37. The fourth-order valence-electron chi connectivity index (χ4n) is 1.38. The van der Waals surface area contributed by atoms with E-state index in [0.717, 1.165) is 0 Å². The molecule has 0 aliphatic carbocycles. The minimum Gasteiger partial charge on any atom is -0.324 e. The summed E-state index contributed by atoms with van der Waals surface area (Å²) < 4.78 is 74.9. The van der Waals surface area contributed by atoms with Crippen molar-refractivity contribution in [2.24, 2.45) is 5.73 Å². The summed E-state index contributed by atoms with van der Waals surface area (Å²) in [5.41, 5.74) is 2.03. The summed E-state index contributed by atoms with van der Waals surface area (Å²) in [6.45, 7) is 1.53. The number of nitrogens with two attached hydrogens (primary N) is 1. The third kappa shape index (κ3) is 4.24. The second-order valence-corrected chi connectivity index (χ2v) is 3.67. The van der Waals surface area contributed by atoms with Crippen molar-refractivity contribution in [3.8, 4) is 0 Å². The van der Waals surface area contributed by atoms with Crippen LogP contribution in [0.2, 0.25) is 0 Å². The summed E-state index contributed by atoms with van der Waals surface area (Å²) in [7, 11) is 0. The average Bonchev–Trinajstić information content (AvgIpc) is 2.24. The van der Waals surface area contributed by atoms with Gasteiger partial charge in [0.1, 0.15) is 5.69 Å². The largest absolute Gasteiger partial charge is 0.433 e. The molecule has 2 nitrogen and oxygen atoms in total. The molecule has 110 valence electrons. The molecular formula is C10H11ClF6N2. The van der Waals surface area contributed by atoms with Crippen LogP contribution in [0, 0.1) is 0 Å². The van der Waals surface area contributed by atoms with Gasteiger partial charge in [0, 0.05) is 12.2 Å². The lowest BCUT2D eigenvalue weighted by Crippen LogP contribution is -2.20. The standard InChI is InChI=1S/C10H10F6N2.ClH/c1-2-7(17)5-4-18-8(10(14,15)16)3-6(5)9(11,12)13;/h3-4,7H,2,17H2,1H3;1H/t7-;/m1./s1. The van der Waals surface area contributed by atoms with E-state index in [0.29, 0.717) is 6.20 Å². The van der Waals surface area contributed by atoms with Crippen molar-refractivity contribution < 1.29 is 26.3 Å². The minimum absolute atomic E-state index is 0. The first-order chi connectivity index (χ1) is 8.07. The molecule has 9 heteroatoms. The highest BCUT2D eigenvalue weighted by molar-refractivity contribution is 5.85. The van der Waals surface area contributed by atoms with Crippen LogP contribution in [-0.4, -0.2) is 4.98 Å². The SMILES string of the molecule is CC[C@@H](N)c1cnc(C(F)(F)F)cc1C(F)(F)F.Cl. The lowest BCUT2D eigenvalue weighted by Gasteiger charge is -2.18. The fraction of sp³-hybridized carbons (Fsp3) is 0.500. The lowest BCUT2D eigenvalue weighted by atomic mass is 10.0. The number of rotatable bonds is 2. The van der Waals surface area contributed by atoms with Crippen LogP contribution in [0.25, 0.3) is 0 Å². The molecule has 1 rings (SSSR count). The Hall–Kier alpha value is -1.02. The van der Waals surface area contributed by atoms with Gasteiger partial charge in [-0.3, -0.25) is 4.98 Å². The van der Waals surface area contributed by atoms with Gasteiger partial charge in [0.05, 0.1) is 5.56 Å². The summed E-state index contributed by atoms with van der Waals surface area (Å²) in [6.07, 6.45) is -9.12. The van der Waals surface area contributed by atoms with Crippen LogP contribution in [0.1, 0.15) is 36.2 Å². The van der Waals surface area contributed by atoms with Crippen molar-refractivity contribution in [1.82, 2.24) is 4.98 Å². The molecule has 0 saturated heterocycles. The lowest BCUT2D eigenvalue weighted by molar-refractivity contribution is -0.146. The van der Waals surface area contributed by atoms with Gasteiger partial charge in [-0.05, 0) is 18.1 Å². The molecule has 1 aromatic rings. The molecule has 0 aliphatic heterocycles. The Morgan fingerprint density at radius 3 is 2.05 bits per heavy atom. The summed E-state index contributed by atoms with van der Waals surface area (Å²) in [5, 5.41) is 0. The molecule has 19 heavy (non-hydrogen) atoms. The summed E-state index contributed by atoms with van der Waals surface area (Å²) in [5.74, 6) is 0. The van der Waals surface area contributed by atoms with E-state index in [9.17, 15) is 26.3 Å². The van der Waals surface area contributed by atoms with Crippen LogP contribution >= 0.6 is 12.4 Å². The van der Waals surface area contributed by atoms with Gasteiger partial charge < -0.3 is 5.73 Å². The molecule has 0 bridgehead atoms. The third-order valence-electron chi connectivity index (χ3n) is 2.37. The maximum atomic E-state index is 12.7. The molecule has 0 saturated carbocycles. The molecule has 2 N–H and O–H groups in total. The molecule has 1 aromatic heterocycles. The molecule has 0 aliphatic rings. The maximum absolute atomic E-state index is 12.7. The molecule has 0 spiro atoms. The highest BCUT2D eigenvalue weighted by atomic mass is 35.5. The van der Waals surface area contributed by atoms with Crippen molar-refractivity contribution in [2.45, 2.75) is 31.7 Å². The minimum atomic E-state index is -4.92. The van der Waals surface area contributed by atoms with Gasteiger partial charge in [0.25, 0.3) is 0 Å². The number of hydrogen-bond acceptors (Lipinski definition) is 2. The Bertz CT molecular complexity index is 429. The average molecular weight is 309 g/mol. The van der Waals surface area contributed by atoms with Crippen LogP contribution in [0.4, 0.5) is 26.3 Å². The number of pyridine rings is 1. The zero-order valence-corrected chi connectivity index (χ0v) is 10.5. The van der Waals surface area contributed by atoms with E-state index in [1.807, 2.05) is 0 Å². The van der Waals surface area contributed by atoms with E-state index >= 15 is 0 Å². The van der Waals surface area contributed by atoms with E-state index in [4.69, 9.17) is 5.73 Å². The first-order valence-electron chi connectivity index (χ1n) is 4.97. The Labute approximate surface area is 111 Å². The van der Waals surface area contributed by atoms with Gasteiger partial charge in [-0.1, -0.05) is 6.92 Å². The van der Waals surface area contributed by atoms with Crippen molar-refractivity contribution >= 4 is 12.4 Å². The zero-order chi connectivity index (χ0) is 14.1. The van der Waals surface area contributed by atoms with Crippen molar-refractivity contribution in [3.05, 3.63) is 29.1 Å². The van der Waals surface area contributed by atoms with Gasteiger partial charge in [-0.15, -0.1) is 12.4 Å². The third-order valence-corrected chi connectivity index (χ3v) is 2.37. The van der Waals surface area contributed by atoms with Crippen LogP contribution in [0.15, 0.2) is 12.3 Å². The van der Waals surface area contributed by atoms with Crippen molar-refractivity contribution in [3.63, 3.8) is 0 Å². The fourth-order valence-corrected chi connectivity index (χ4v) is 1.38. The van der Waals surface area contributed by atoms with Crippen LogP contribution in [-0.2, 0) is 12.4 Å². The van der Waals surface area contributed by atoms with Crippen LogP contribution in [0.3, 0.4) is 0 Å². The quantitative estimate of drug-likeness (QED) is 0.840. The topological polar surface area (TPSA) is 38.9 Å². The number of hydrogen-bond donors (Lipinski definition) is 1. The van der Waals surface area contributed by atoms with Gasteiger partial charge in [-0.25, -0.2) is 0 Å². The molecule has 1 heterocycles. The van der Waals surface area contributed by atoms with Crippen LogP contribution < -0.4 is 5.73 Å². The second kappa shape index (κ2) is 5.96. The van der Waals surface area contributed by atoms with E-state index < -0.39 is 35.2 Å². The van der Waals surface area contributed by atoms with Gasteiger partial charge in [-0.2, -0.15) is 26.3 Å². The molecule has 0 aromatic carbocycles. The van der Waals surface area contributed by atoms with Crippen molar-refractivity contribution in [2.75, 3.05) is 0 Å². The predicted octanol–water partition coefficient (Wildman–Crippen LogP) is 3.95. The summed E-state index contributed by atoms with van der Waals surface area (Å²) >= 11 is 0. The number of halogens is 7. The number of nitrogens with zero attached hydrogens (tertiary/aromatic N) is 1. The smallest absolute Gasteiger partial charge is 0.324 e. The van der Waals surface area contributed by atoms with Crippen LogP contribution in [0.5, 0.6) is 0 Å². The van der Waals surface area contributed by atoms with E-state index in [2.05, 4.69) is 4.98 Å². The molecule has 0 fully saturated rings. The first kappa shape index (κ1) is 18.0. The van der Waals surface area contributed by atoms with Gasteiger partial charge >= 0.3 is 12.4 Å². The monoisotopic (exact) mass is 308 g/mol. The van der Waals surface area contributed by atoms with Crippen molar-refractivity contribution in [1.29, 1.82) is 0 Å². The molecule has 1 atom stereocenters.